The van der Waals surface area contributed by atoms with Gasteiger partial charge in [-0.2, -0.15) is 0 Å². The first-order chi connectivity index (χ1) is 15.4. The first kappa shape index (κ1) is 30.9. The van der Waals surface area contributed by atoms with Crippen molar-refractivity contribution in [2.75, 3.05) is 6.54 Å². The van der Waals surface area contributed by atoms with Gasteiger partial charge in [0, 0.05) is 24.4 Å². The largest absolute Gasteiger partial charge is 0.475 e. The number of ketones is 1. The number of nitrogens with one attached hydrogen (secondary N) is 2. The molecule has 0 aliphatic carbocycles. The fourth-order valence-corrected chi connectivity index (χ4v) is 3.22. The van der Waals surface area contributed by atoms with E-state index >= 15 is 0 Å². The number of carbonyl (C=O) groups is 2. The third kappa shape index (κ3) is 11.2. The Labute approximate surface area is 199 Å². The number of benzene rings is 1. The highest BCUT2D eigenvalue weighted by atomic mass is 19.1. The molecule has 34 heavy (non-hydrogen) atoms. The van der Waals surface area contributed by atoms with Gasteiger partial charge < -0.3 is 21.1 Å². The number of hydrogen-bond donors (Lipinski definition) is 5. The number of hydrazine groups is 1. The van der Waals surface area contributed by atoms with Crippen molar-refractivity contribution in [2.24, 2.45) is 22.6 Å². The first-order valence-electron chi connectivity index (χ1n) is 10.6. The molecule has 1 rings (SSSR count). The highest BCUT2D eigenvalue weighted by Gasteiger charge is 2.30. The summed E-state index contributed by atoms with van der Waals surface area (Å²) in [4.78, 5) is 39.8. The SMILES string of the molecule is C.Cc1cc(C(=O)C[C@@H](CCCN=C(N)N[N+](=O)[O-])C(=O)N[C@@H](CC(C)C)B(O)O)ccc1F. The molecule has 0 aromatic heterocycles. The van der Waals surface area contributed by atoms with E-state index in [-0.39, 0.29) is 56.5 Å². The topological polar surface area (TPSA) is 180 Å². The van der Waals surface area contributed by atoms with Crippen LogP contribution in [-0.2, 0) is 4.79 Å². The van der Waals surface area contributed by atoms with E-state index in [1.165, 1.54) is 25.1 Å². The Balaban J connectivity index is 0.0000109. The first-order valence-corrected chi connectivity index (χ1v) is 10.6. The van der Waals surface area contributed by atoms with Crippen LogP contribution in [0.25, 0.3) is 0 Å². The minimum Gasteiger partial charge on any atom is -0.426 e. The maximum absolute atomic E-state index is 13.5. The Morgan fingerprint density at radius 2 is 1.97 bits per heavy atom. The monoisotopic (exact) mass is 483 g/mol. The summed E-state index contributed by atoms with van der Waals surface area (Å²) in [6, 6.07) is 3.92. The number of nitro groups is 1. The molecule has 1 aromatic carbocycles. The zero-order chi connectivity index (χ0) is 25.1. The number of hydrogen-bond acceptors (Lipinski definition) is 7. The van der Waals surface area contributed by atoms with Gasteiger partial charge in [0.25, 0.3) is 5.96 Å². The quantitative estimate of drug-likeness (QED) is 0.0531. The molecule has 0 fully saturated rings. The van der Waals surface area contributed by atoms with Gasteiger partial charge in [-0.15, -0.1) is 0 Å². The van der Waals surface area contributed by atoms with Crippen LogP contribution in [0.2, 0.25) is 0 Å². The lowest BCUT2D eigenvalue weighted by atomic mass is 9.74. The van der Waals surface area contributed by atoms with Crippen molar-refractivity contribution in [1.29, 1.82) is 0 Å². The van der Waals surface area contributed by atoms with Gasteiger partial charge in [-0.3, -0.25) is 9.59 Å². The molecule has 1 amide bonds. The number of nitrogens with two attached hydrogens (primary N) is 1. The molecular weight excluding hydrogens is 448 g/mol. The summed E-state index contributed by atoms with van der Waals surface area (Å²) < 4.78 is 13.5. The Bertz CT molecular complexity index is 868. The van der Waals surface area contributed by atoms with Crippen LogP contribution in [0.5, 0.6) is 0 Å². The third-order valence-electron chi connectivity index (χ3n) is 4.89. The summed E-state index contributed by atoms with van der Waals surface area (Å²) in [7, 11) is -1.77. The maximum atomic E-state index is 13.5. The van der Waals surface area contributed by atoms with E-state index in [0.717, 1.165) is 0 Å². The third-order valence-corrected chi connectivity index (χ3v) is 4.89. The second kappa shape index (κ2) is 15.0. The zero-order valence-electron chi connectivity index (χ0n) is 19.0. The molecule has 6 N–H and O–H groups in total. The Morgan fingerprint density at radius 3 is 2.50 bits per heavy atom. The number of aliphatic imine (C=N–C) groups is 1. The number of Topliss-reactive ketones (excluding diaryl/α,β-unsaturated/α-hetero) is 1. The van der Waals surface area contributed by atoms with Crippen molar-refractivity contribution in [3.8, 4) is 0 Å². The van der Waals surface area contributed by atoms with Crippen molar-refractivity contribution in [3.05, 3.63) is 45.3 Å². The summed E-state index contributed by atoms with van der Waals surface area (Å²) in [6.45, 7) is 5.32. The lowest BCUT2D eigenvalue weighted by Crippen LogP contribution is -2.49. The van der Waals surface area contributed by atoms with Crippen molar-refractivity contribution in [3.63, 3.8) is 0 Å². The highest BCUT2D eigenvalue weighted by molar-refractivity contribution is 6.43. The fraction of sp³-hybridized carbons (Fsp3) is 0.571. The maximum Gasteiger partial charge on any atom is 0.475 e. The number of aryl methyl sites for hydroxylation is 1. The summed E-state index contributed by atoms with van der Waals surface area (Å²) in [5, 5.41) is 31.3. The van der Waals surface area contributed by atoms with E-state index in [1.807, 2.05) is 13.8 Å². The molecule has 0 saturated heterocycles. The smallest absolute Gasteiger partial charge is 0.426 e. The molecule has 0 heterocycles. The molecule has 0 saturated carbocycles. The van der Waals surface area contributed by atoms with Crippen LogP contribution in [0, 0.1) is 34.7 Å². The molecule has 11 nitrogen and oxygen atoms in total. The van der Waals surface area contributed by atoms with Crippen LogP contribution in [0.3, 0.4) is 0 Å². The Kier molecular flexibility index (Phi) is 13.6. The predicted octanol–water partition coefficient (Wildman–Crippen LogP) is 1.38. The minimum absolute atomic E-state index is 0. The van der Waals surface area contributed by atoms with Gasteiger partial charge in [0.2, 0.25) is 5.91 Å². The van der Waals surface area contributed by atoms with Crippen molar-refractivity contribution >= 4 is 24.8 Å². The van der Waals surface area contributed by atoms with Crippen LogP contribution >= 0.6 is 0 Å². The van der Waals surface area contributed by atoms with E-state index in [0.29, 0.717) is 12.0 Å². The number of rotatable bonds is 13. The van der Waals surface area contributed by atoms with E-state index < -0.39 is 35.7 Å². The Hall–Kier alpha value is -3.06. The van der Waals surface area contributed by atoms with Gasteiger partial charge in [0.05, 0.1) is 5.94 Å². The molecule has 2 atom stereocenters. The van der Waals surface area contributed by atoms with Gasteiger partial charge >= 0.3 is 7.12 Å². The lowest BCUT2D eigenvalue weighted by molar-refractivity contribution is -0.525. The number of carbonyl (C=O) groups excluding carboxylic acids is 2. The van der Waals surface area contributed by atoms with Crippen molar-refractivity contribution in [2.45, 2.75) is 59.8 Å². The second-order valence-corrected chi connectivity index (χ2v) is 8.22. The average molecular weight is 483 g/mol. The molecule has 1 aromatic rings. The summed E-state index contributed by atoms with van der Waals surface area (Å²) in [5.74, 6) is -3.43. The van der Waals surface area contributed by atoms with E-state index in [1.54, 1.807) is 5.43 Å². The average Bonchev–Trinajstić information content (AvgIpc) is 2.70. The highest BCUT2D eigenvalue weighted by Crippen LogP contribution is 2.19. The number of guanidine groups is 1. The molecule has 0 aliphatic rings. The number of nitrogens with zero attached hydrogens (tertiary/aromatic N) is 2. The molecule has 0 bridgehead atoms. The second-order valence-electron chi connectivity index (χ2n) is 8.22. The Morgan fingerprint density at radius 1 is 1.32 bits per heavy atom. The lowest BCUT2D eigenvalue weighted by Gasteiger charge is -2.23. The van der Waals surface area contributed by atoms with Crippen molar-refractivity contribution < 1.29 is 29.1 Å². The number of halogens is 1. The van der Waals surface area contributed by atoms with Crippen LogP contribution < -0.4 is 16.5 Å². The molecule has 0 radical (unpaired) electrons. The molecule has 0 spiro atoms. The summed E-state index contributed by atoms with van der Waals surface area (Å²) >= 11 is 0. The summed E-state index contributed by atoms with van der Waals surface area (Å²) in [6.07, 6.45) is 0.584. The van der Waals surface area contributed by atoms with Crippen LogP contribution in [-0.4, -0.2) is 52.3 Å². The van der Waals surface area contributed by atoms with Crippen LogP contribution in [0.1, 0.15) is 62.9 Å². The molecule has 0 unspecified atom stereocenters. The fourth-order valence-electron chi connectivity index (χ4n) is 3.22. The van der Waals surface area contributed by atoms with Gasteiger partial charge in [0.1, 0.15) is 5.82 Å². The summed E-state index contributed by atoms with van der Waals surface area (Å²) in [5.41, 5.74) is 7.61. The van der Waals surface area contributed by atoms with Crippen molar-refractivity contribution in [1.82, 2.24) is 10.7 Å². The van der Waals surface area contributed by atoms with E-state index in [4.69, 9.17) is 5.73 Å². The molecular formula is C21H35BFN5O6. The normalized spacial score (nSPS) is 13.0. The van der Waals surface area contributed by atoms with Gasteiger partial charge in [0.15, 0.2) is 10.8 Å². The van der Waals surface area contributed by atoms with Crippen LogP contribution in [0.4, 0.5) is 4.39 Å². The number of amides is 1. The molecule has 0 aliphatic heterocycles. The van der Waals surface area contributed by atoms with E-state index in [2.05, 4.69) is 10.3 Å². The minimum atomic E-state index is -1.77. The zero-order valence-corrected chi connectivity index (χ0v) is 19.0. The predicted molar refractivity (Wildman–Crippen MR) is 128 cm³/mol. The standard InChI is InChI=1S/C20H31BFN5O6.CH4/c1-12(2)9-18(21(30)31)25-19(29)15(5-4-8-24-20(23)26-27(32)33)11-17(28)14-6-7-16(22)13(3)10-14;/h6-7,10,12,15,18,30-31H,4-5,8-9,11H2,1-3H3,(H,25,29)(H3,23,24,26);1H4/t15-,18+;/m1./s1. The van der Waals surface area contributed by atoms with Gasteiger partial charge in [-0.25, -0.2) is 19.5 Å². The van der Waals surface area contributed by atoms with E-state index in [9.17, 15) is 34.1 Å². The van der Waals surface area contributed by atoms with Gasteiger partial charge in [-0.1, -0.05) is 26.7 Å². The van der Waals surface area contributed by atoms with Gasteiger partial charge in [-0.05, 0) is 55.9 Å². The van der Waals surface area contributed by atoms with Crippen LogP contribution in [0.15, 0.2) is 23.2 Å². The molecule has 13 heteroatoms. The molecule has 190 valence electrons.